The molecule has 6 nitrogen and oxygen atoms in total. The molecule has 0 fully saturated rings. The number of rotatable bonds is 3. The van der Waals surface area contributed by atoms with Crippen LogP contribution in [0.4, 0.5) is 11.6 Å². The van der Waals surface area contributed by atoms with Gasteiger partial charge in [-0.1, -0.05) is 17.7 Å². The number of hydrogen-bond donors (Lipinski definition) is 1. The van der Waals surface area contributed by atoms with Gasteiger partial charge in [0.2, 0.25) is 0 Å². The molecule has 1 aromatic carbocycles. The van der Waals surface area contributed by atoms with Crippen LogP contribution >= 0.6 is 22.9 Å². The van der Waals surface area contributed by atoms with Crippen LogP contribution in [0.25, 0.3) is 20.8 Å². The molecule has 1 N–H and O–H groups in total. The zero-order chi connectivity index (χ0) is 18.1. The second-order valence-corrected chi connectivity index (χ2v) is 6.88. The van der Waals surface area contributed by atoms with E-state index in [1.165, 1.54) is 17.7 Å². The molecule has 126 valence electrons. The fourth-order valence-corrected chi connectivity index (χ4v) is 3.93. The van der Waals surface area contributed by atoms with Crippen molar-refractivity contribution in [1.29, 1.82) is 5.26 Å². The van der Waals surface area contributed by atoms with Crippen molar-refractivity contribution in [2.75, 3.05) is 5.32 Å². The third-order valence-corrected chi connectivity index (χ3v) is 5.11. The van der Waals surface area contributed by atoms with Gasteiger partial charge in [0, 0.05) is 23.5 Å². The molecule has 26 heavy (non-hydrogen) atoms. The molecule has 3 aromatic heterocycles. The molecule has 0 aliphatic heterocycles. The zero-order valence-corrected chi connectivity index (χ0v) is 15.1. The number of fused-ring (bicyclic) bond motifs is 1. The van der Waals surface area contributed by atoms with Crippen LogP contribution in [-0.4, -0.2) is 19.9 Å². The Labute approximate surface area is 158 Å². The van der Waals surface area contributed by atoms with Crippen LogP contribution in [0, 0.1) is 18.3 Å². The first-order chi connectivity index (χ1) is 12.7. The molecular formula is C18H11ClN6S. The molecule has 4 rings (SSSR count). The van der Waals surface area contributed by atoms with E-state index in [4.69, 9.17) is 11.6 Å². The number of aryl methyl sites for hydroxylation is 1. The van der Waals surface area contributed by atoms with E-state index in [1.807, 2.05) is 19.1 Å². The number of anilines is 2. The highest BCUT2D eigenvalue weighted by molar-refractivity contribution is 7.22. The van der Waals surface area contributed by atoms with Crippen LogP contribution in [0.15, 0.2) is 42.9 Å². The van der Waals surface area contributed by atoms with Gasteiger partial charge < -0.3 is 5.32 Å². The lowest BCUT2D eigenvalue weighted by Crippen LogP contribution is -1.97. The minimum atomic E-state index is 0.491. The molecule has 8 heteroatoms. The second kappa shape index (κ2) is 6.67. The van der Waals surface area contributed by atoms with Gasteiger partial charge in [-0.25, -0.2) is 19.9 Å². The number of aromatic nitrogens is 4. The van der Waals surface area contributed by atoms with E-state index in [1.54, 1.807) is 24.4 Å². The highest BCUT2D eigenvalue weighted by Crippen LogP contribution is 2.38. The third-order valence-electron chi connectivity index (χ3n) is 3.70. The summed E-state index contributed by atoms with van der Waals surface area (Å²) in [5, 5.41) is 13.8. The molecule has 0 atom stereocenters. The Morgan fingerprint density at radius 2 is 2.08 bits per heavy atom. The van der Waals surface area contributed by atoms with Crippen LogP contribution in [0.5, 0.6) is 0 Å². The van der Waals surface area contributed by atoms with Crippen molar-refractivity contribution >= 4 is 44.8 Å². The third kappa shape index (κ3) is 2.96. The first kappa shape index (κ1) is 16.4. The largest absolute Gasteiger partial charge is 0.324 e. The lowest BCUT2D eigenvalue weighted by molar-refractivity contribution is 1.10. The van der Waals surface area contributed by atoms with Crippen molar-refractivity contribution in [3.8, 4) is 16.6 Å². The summed E-state index contributed by atoms with van der Waals surface area (Å²) in [6.45, 7) is 1.90. The molecule has 0 saturated heterocycles. The number of pyridine rings is 1. The van der Waals surface area contributed by atoms with Crippen LogP contribution in [0.3, 0.4) is 0 Å². The number of halogens is 1. The minimum absolute atomic E-state index is 0.491. The van der Waals surface area contributed by atoms with Gasteiger partial charge in [-0.3, -0.25) is 0 Å². The molecule has 0 spiro atoms. The summed E-state index contributed by atoms with van der Waals surface area (Å²) in [5.41, 5.74) is 2.76. The van der Waals surface area contributed by atoms with Gasteiger partial charge >= 0.3 is 0 Å². The predicted molar refractivity (Wildman–Crippen MR) is 103 cm³/mol. The van der Waals surface area contributed by atoms with Gasteiger partial charge in [-0.05, 0) is 25.1 Å². The Balaban J connectivity index is 1.83. The number of benzene rings is 1. The fourth-order valence-electron chi connectivity index (χ4n) is 2.53. The number of hydrogen-bond acceptors (Lipinski definition) is 7. The number of nitriles is 1. The maximum atomic E-state index is 9.38. The molecule has 3 heterocycles. The SMILES string of the molecule is Cc1cc(Nc2nccc3nc(-c4c(Cl)cccc4C#N)sc23)ncn1. The van der Waals surface area contributed by atoms with Crippen molar-refractivity contribution in [1.82, 2.24) is 19.9 Å². The molecule has 0 aliphatic rings. The molecular weight excluding hydrogens is 368 g/mol. The molecule has 0 aliphatic carbocycles. The van der Waals surface area contributed by atoms with Gasteiger partial charge in [0.25, 0.3) is 0 Å². The summed E-state index contributed by atoms with van der Waals surface area (Å²) < 4.78 is 0.863. The van der Waals surface area contributed by atoms with Gasteiger partial charge in [0.15, 0.2) is 5.82 Å². The van der Waals surface area contributed by atoms with Crippen LogP contribution in [0.2, 0.25) is 5.02 Å². The molecule has 0 unspecified atom stereocenters. The van der Waals surface area contributed by atoms with Crippen molar-refractivity contribution in [2.45, 2.75) is 6.92 Å². The minimum Gasteiger partial charge on any atom is -0.324 e. The van der Waals surface area contributed by atoms with E-state index < -0.39 is 0 Å². The predicted octanol–water partition coefficient (Wildman–Crippen LogP) is 4.73. The van der Waals surface area contributed by atoms with E-state index >= 15 is 0 Å². The standard InChI is InChI=1S/C18H11ClN6S/c1-10-7-14(23-9-22-10)25-17-16-13(5-6-21-17)24-18(26-16)15-11(8-20)3-2-4-12(15)19/h2-7,9H,1H3,(H,21,22,23,25). The Morgan fingerprint density at radius 3 is 2.88 bits per heavy atom. The molecule has 4 aromatic rings. The summed E-state index contributed by atoms with van der Waals surface area (Å²) in [6.07, 6.45) is 3.18. The van der Waals surface area contributed by atoms with E-state index in [0.717, 1.165) is 15.9 Å². The van der Waals surface area contributed by atoms with E-state index in [2.05, 4.69) is 31.3 Å². The molecule has 0 bridgehead atoms. The maximum absolute atomic E-state index is 9.38. The Kier molecular flexibility index (Phi) is 4.21. The highest BCUT2D eigenvalue weighted by Gasteiger charge is 2.16. The summed E-state index contributed by atoms with van der Waals surface area (Å²) in [4.78, 5) is 17.3. The Hall–Kier alpha value is -3.08. The lowest BCUT2D eigenvalue weighted by atomic mass is 10.1. The quantitative estimate of drug-likeness (QED) is 0.554. The second-order valence-electron chi connectivity index (χ2n) is 5.47. The number of nitrogens with zero attached hydrogens (tertiary/aromatic N) is 5. The zero-order valence-electron chi connectivity index (χ0n) is 13.6. The fraction of sp³-hybridized carbons (Fsp3) is 0.0556. The van der Waals surface area contributed by atoms with Gasteiger partial charge in [-0.2, -0.15) is 5.26 Å². The van der Waals surface area contributed by atoms with Gasteiger partial charge in [0.1, 0.15) is 17.2 Å². The number of thiazole rings is 1. The average Bonchev–Trinajstić information content (AvgIpc) is 3.06. The van der Waals surface area contributed by atoms with Crippen molar-refractivity contribution in [2.24, 2.45) is 0 Å². The first-order valence-electron chi connectivity index (χ1n) is 7.66. The molecule has 0 saturated carbocycles. The summed E-state index contributed by atoms with van der Waals surface area (Å²) >= 11 is 7.75. The maximum Gasteiger partial charge on any atom is 0.151 e. The summed E-state index contributed by atoms with van der Waals surface area (Å²) in [5.74, 6) is 1.30. The van der Waals surface area contributed by atoms with Crippen LogP contribution in [0.1, 0.15) is 11.3 Å². The van der Waals surface area contributed by atoms with Gasteiger partial charge in [0.05, 0.1) is 26.9 Å². The van der Waals surface area contributed by atoms with Crippen molar-refractivity contribution in [3.63, 3.8) is 0 Å². The first-order valence-corrected chi connectivity index (χ1v) is 8.85. The highest BCUT2D eigenvalue weighted by atomic mass is 35.5. The van der Waals surface area contributed by atoms with Crippen LogP contribution < -0.4 is 5.32 Å². The van der Waals surface area contributed by atoms with E-state index in [9.17, 15) is 5.26 Å². The summed E-state index contributed by atoms with van der Waals surface area (Å²) in [7, 11) is 0. The summed E-state index contributed by atoms with van der Waals surface area (Å²) in [6, 6.07) is 11.1. The smallest absolute Gasteiger partial charge is 0.151 e. The normalized spacial score (nSPS) is 10.7. The number of nitrogens with one attached hydrogen (secondary N) is 1. The topological polar surface area (TPSA) is 87.4 Å². The van der Waals surface area contributed by atoms with E-state index in [0.29, 0.717) is 32.8 Å². The van der Waals surface area contributed by atoms with Crippen molar-refractivity contribution in [3.05, 3.63) is 59.1 Å². The molecule has 0 radical (unpaired) electrons. The van der Waals surface area contributed by atoms with Gasteiger partial charge in [-0.15, -0.1) is 11.3 Å². The van der Waals surface area contributed by atoms with Crippen LogP contribution in [-0.2, 0) is 0 Å². The monoisotopic (exact) mass is 378 g/mol. The average molecular weight is 379 g/mol. The van der Waals surface area contributed by atoms with Crippen molar-refractivity contribution < 1.29 is 0 Å². The molecule has 0 amide bonds. The van der Waals surface area contributed by atoms with E-state index in [-0.39, 0.29) is 0 Å². The Bertz CT molecular complexity index is 1160. The Morgan fingerprint density at radius 1 is 1.19 bits per heavy atom. The lowest BCUT2D eigenvalue weighted by Gasteiger charge is -2.05.